The molecule has 2 N–H and O–H groups in total. The monoisotopic (exact) mass is 335 g/mol. The number of anilines is 1. The first-order valence-electron chi connectivity index (χ1n) is 7.08. The van der Waals surface area contributed by atoms with Crippen LogP contribution < -0.4 is 10.6 Å². The van der Waals surface area contributed by atoms with Crippen LogP contribution in [0.25, 0.3) is 0 Å². The van der Waals surface area contributed by atoms with E-state index in [0.29, 0.717) is 0 Å². The van der Waals surface area contributed by atoms with Crippen molar-refractivity contribution in [2.24, 2.45) is 0 Å². The van der Waals surface area contributed by atoms with Gasteiger partial charge in [0.15, 0.2) is 0 Å². The van der Waals surface area contributed by atoms with Crippen molar-refractivity contribution in [1.82, 2.24) is 10.3 Å². The van der Waals surface area contributed by atoms with Gasteiger partial charge in [-0.2, -0.15) is 11.8 Å². The Morgan fingerprint density at radius 1 is 1.32 bits per heavy atom. The van der Waals surface area contributed by atoms with Crippen LogP contribution in [0.1, 0.15) is 24.4 Å². The molecule has 1 aromatic heterocycles. The normalized spacial score (nSPS) is 11.2. The highest BCUT2D eigenvalue weighted by atomic mass is 32.2. The Bertz CT molecular complexity index is 594. The largest absolute Gasteiger partial charge is 0.326 e. The highest BCUT2D eigenvalue weighted by Gasteiger charge is 2.25. The number of thioether (sulfide) groups is 1. The minimum atomic E-state index is -0.490. The first-order chi connectivity index (χ1) is 10.5. The third-order valence-electron chi connectivity index (χ3n) is 3.20. The summed E-state index contributed by atoms with van der Waals surface area (Å²) in [6, 6.07) is 7.75. The van der Waals surface area contributed by atoms with Gasteiger partial charge >= 0.3 is 6.03 Å². The van der Waals surface area contributed by atoms with E-state index in [2.05, 4.69) is 34.0 Å². The standard InChI is InChI=1S/C16H21N3OS2/c1-16(2,14-17-9-11-22-14)19-15(20)18-13-6-4-12(5-7-13)8-10-21-3/h4-7,9,11H,8,10H2,1-3H3,(H2,18,19,20). The molecule has 0 aliphatic carbocycles. The summed E-state index contributed by atoms with van der Waals surface area (Å²) >= 11 is 3.36. The molecule has 2 aromatic rings. The number of urea groups is 1. The molecule has 4 nitrogen and oxygen atoms in total. The minimum absolute atomic E-state index is 0.225. The molecule has 0 unspecified atom stereocenters. The van der Waals surface area contributed by atoms with E-state index in [1.54, 1.807) is 6.20 Å². The van der Waals surface area contributed by atoms with Gasteiger partial charge in [-0.15, -0.1) is 11.3 Å². The fraction of sp³-hybridized carbons (Fsp3) is 0.375. The number of benzene rings is 1. The maximum absolute atomic E-state index is 12.1. The van der Waals surface area contributed by atoms with Gasteiger partial charge in [0.1, 0.15) is 5.01 Å². The van der Waals surface area contributed by atoms with E-state index in [4.69, 9.17) is 0 Å². The molecule has 118 valence electrons. The van der Waals surface area contributed by atoms with Crippen molar-refractivity contribution in [3.05, 3.63) is 46.4 Å². The molecule has 0 radical (unpaired) electrons. The Morgan fingerprint density at radius 2 is 2.05 bits per heavy atom. The number of amides is 2. The Morgan fingerprint density at radius 3 is 2.64 bits per heavy atom. The zero-order valence-corrected chi connectivity index (χ0v) is 14.7. The van der Waals surface area contributed by atoms with Crippen LogP contribution in [0, 0.1) is 0 Å². The van der Waals surface area contributed by atoms with Crippen molar-refractivity contribution >= 4 is 34.8 Å². The quantitative estimate of drug-likeness (QED) is 0.835. The molecule has 0 bridgehead atoms. The molecular formula is C16H21N3OS2. The van der Waals surface area contributed by atoms with Crippen molar-refractivity contribution in [2.45, 2.75) is 25.8 Å². The molecule has 0 aliphatic heterocycles. The van der Waals surface area contributed by atoms with Crippen molar-refractivity contribution in [2.75, 3.05) is 17.3 Å². The molecule has 0 saturated carbocycles. The number of carbonyl (C=O) groups excluding carboxylic acids is 1. The van der Waals surface area contributed by atoms with Crippen LogP contribution in [0.2, 0.25) is 0 Å². The van der Waals surface area contributed by atoms with Crippen LogP contribution in [-0.2, 0) is 12.0 Å². The Hall–Kier alpha value is -1.53. The highest BCUT2D eigenvalue weighted by molar-refractivity contribution is 7.98. The lowest BCUT2D eigenvalue weighted by molar-refractivity contribution is 0.242. The molecule has 1 heterocycles. The third kappa shape index (κ3) is 4.74. The Balaban J connectivity index is 1.91. The van der Waals surface area contributed by atoms with E-state index >= 15 is 0 Å². The first-order valence-corrected chi connectivity index (χ1v) is 9.35. The molecule has 0 spiro atoms. The number of rotatable bonds is 6. The number of hydrogen-bond donors (Lipinski definition) is 2. The Labute approximate surface area is 139 Å². The van der Waals surface area contributed by atoms with Gasteiger partial charge in [-0.05, 0) is 50.0 Å². The summed E-state index contributed by atoms with van der Waals surface area (Å²) in [6.07, 6.45) is 4.89. The van der Waals surface area contributed by atoms with E-state index in [1.165, 1.54) is 16.9 Å². The number of aryl methyl sites for hydroxylation is 1. The van der Waals surface area contributed by atoms with Crippen LogP contribution in [0.15, 0.2) is 35.8 Å². The SMILES string of the molecule is CSCCc1ccc(NC(=O)NC(C)(C)c2nccs2)cc1. The number of hydrogen-bond acceptors (Lipinski definition) is 4. The van der Waals surface area contributed by atoms with Gasteiger partial charge in [-0.25, -0.2) is 9.78 Å². The van der Waals surface area contributed by atoms with Gasteiger partial charge in [0, 0.05) is 17.3 Å². The zero-order valence-electron chi connectivity index (χ0n) is 13.1. The molecule has 2 rings (SSSR count). The number of aromatic nitrogens is 1. The highest BCUT2D eigenvalue weighted by Crippen LogP contribution is 2.22. The average Bonchev–Trinajstić information content (AvgIpc) is 3.01. The van der Waals surface area contributed by atoms with Crippen molar-refractivity contribution in [3.8, 4) is 0 Å². The van der Waals surface area contributed by atoms with E-state index < -0.39 is 5.54 Å². The van der Waals surface area contributed by atoms with Crippen molar-refractivity contribution in [3.63, 3.8) is 0 Å². The second-order valence-corrected chi connectivity index (χ2v) is 7.36. The van der Waals surface area contributed by atoms with Crippen molar-refractivity contribution in [1.29, 1.82) is 0 Å². The smallest absolute Gasteiger partial charge is 0.319 e. The fourth-order valence-electron chi connectivity index (χ4n) is 2.01. The second kappa shape index (κ2) is 7.65. The first kappa shape index (κ1) is 16.8. The van der Waals surface area contributed by atoms with Crippen LogP contribution >= 0.6 is 23.1 Å². The van der Waals surface area contributed by atoms with E-state index in [-0.39, 0.29) is 6.03 Å². The van der Waals surface area contributed by atoms with Gasteiger partial charge in [0.2, 0.25) is 0 Å². The van der Waals surface area contributed by atoms with Gasteiger partial charge in [0.05, 0.1) is 5.54 Å². The van der Waals surface area contributed by atoms with Crippen molar-refractivity contribution < 1.29 is 4.79 Å². The molecule has 22 heavy (non-hydrogen) atoms. The lowest BCUT2D eigenvalue weighted by Gasteiger charge is -2.24. The van der Waals surface area contributed by atoms with Gasteiger partial charge in [0.25, 0.3) is 0 Å². The topological polar surface area (TPSA) is 54.0 Å². The molecule has 2 amide bonds. The van der Waals surface area contributed by atoms with Gasteiger partial charge < -0.3 is 10.6 Å². The molecule has 0 atom stereocenters. The van der Waals surface area contributed by atoms with E-state index in [9.17, 15) is 4.79 Å². The molecular weight excluding hydrogens is 314 g/mol. The summed E-state index contributed by atoms with van der Waals surface area (Å²) in [5.41, 5.74) is 1.58. The molecule has 6 heteroatoms. The van der Waals surface area contributed by atoms with E-state index in [0.717, 1.165) is 22.9 Å². The van der Waals surface area contributed by atoms with Crippen LogP contribution in [0.4, 0.5) is 10.5 Å². The van der Waals surface area contributed by atoms with E-state index in [1.807, 2.05) is 43.1 Å². The summed E-state index contributed by atoms with van der Waals surface area (Å²) in [6.45, 7) is 3.88. The maximum Gasteiger partial charge on any atom is 0.319 e. The van der Waals surface area contributed by atoms with Crippen LogP contribution in [0.3, 0.4) is 0 Å². The number of nitrogens with one attached hydrogen (secondary N) is 2. The summed E-state index contributed by atoms with van der Waals surface area (Å²) in [7, 11) is 0. The maximum atomic E-state index is 12.1. The number of thiazole rings is 1. The predicted molar refractivity (Wildman–Crippen MR) is 95.8 cm³/mol. The summed E-state index contributed by atoms with van der Waals surface area (Å²) in [4.78, 5) is 16.4. The second-order valence-electron chi connectivity index (χ2n) is 5.48. The molecule has 0 fully saturated rings. The van der Waals surface area contributed by atoms with Gasteiger partial charge in [-0.3, -0.25) is 0 Å². The lowest BCUT2D eigenvalue weighted by atomic mass is 10.1. The van der Waals surface area contributed by atoms with Crippen LogP contribution in [0.5, 0.6) is 0 Å². The van der Waals surface area contributed by atoms with Crippen LogP contribution in [-0.4, -0.2) is 23.0 Å². The third-order valence-corrected chi connectivity index (χ3v) is 4.91. The Kier molecular flexibility index (Phi) is 5.85. The predicted octanol–water partition coefficient (Wildman–Crippen LogP) is 4.11. The lowest BCUT2D eigenvalue weighted by Crippen LogP contribution is -2.43. The number of carbonyl (C=O) groups is 1. The minimum Gasteiger partial charge on any atom is -0.326 e. The summed E-state index contributed by atoms with van der Waals surface area (Å²) in [5.74, 6) is 1.11. The van der Waals surface area contributed by atoms with Gasteiger partial charge in [-0.1, -0.05) is 12.1 Å². The molecule has 0 aliphatic rings. The summed E-state index contributed by atoms with van der Waals surface area (Å²) in [5, 5.41) is 8.61. The fourth-order valence-corrected chi connectivity index (χ4v) is 3.16. The average molecular weight is 335 g/mol. The number of nitrogens with zero attached hydrogens (tertiary/aromatic N) is 1. The molecule has 1 aromatic carbocycles. The summed E-state index contributed by atoms with van der Waals surface area (Å²) < 4.78 is 0. The molecule has 0 saturated heterocycles. The zero-order chi connectivity index (χ0) is 16.0.